The minimum atomic E-state index is -0.320. The van der Waals surface area contributed by atoms with E-state index in [2.05, 4.69) is 10.6 Å². The van der Waals surface area contributed by atoms with Gasteiger partial charge < -0.3 is 15.4 Å². The molecule has 1 amide bonds. The quantitative estimate of drug-likeness (QED) is 0.809. The van der Waals surface area contributed by atoms with Gasteiger partial charge in [-0.25, -0.2) is 4.79 Å². The average Bonchev–Trinajstić information content (AvgIpc) is 2.54. The standard InChI is InChI=1S/C16H22N2O3/c1-2-21-16(20)13-8-6-12(7-9-13)11-18-15(19)14-5-3-4-10-17-14/h6-9,14,17H,2-5,10-11H2,1H3,(H,18,19). The van der Waals surface area contributed by atoms with Crippen LogP contribution in [0, 0.1) is 0 Å². The molecule has 1 saturated heterocycles. The molecule has 1 heterocycles. The molecule has 1 aromatic rings. The van der Waals surface area contributed by atoms with Gasteiger partial charge in [0, 0.05) is 6.54 Å². The molecule has 1 fully saturated rings. The van der Waals surface area contributed by atoms with Crippen molar-refractivity contribution >= 4 is 11.9 Å². The molecule has 0 spiro atoms. The molecule has 0 saturated carbocycles. The SMILES string of the molecule is CCOC(=O)c1ccc(CNC(=O)C2CCCCN2)cc1. The third-order valence-electron chi connectivity index (χ3n) is 3.56. The predicted molar refractivity (Wildman–Crippen MR) is 79.9 cm³/mol. The number of hydrogen-bond donors (Lipinski definition) is 2. The first-order chi connectivity index (χ1) is 10.2. The van der Waals surface area contributed by atoms with Crippen molar-refractivity contribution in [1.29, 1.82) is 0 Å². The lowest BCUT2D eigenvalue weighted by Gasteiger charge is -2.22. The van der Waals surface area contributed by atoms with E-state index < -0.39 is 0 Å². The molecule has 0 aliphatic carbocycles. The van der Waals surface area contributed by atoms with Crippen LogP contribution in [0.4, 0.5) is 0 Å². The topological polar surface area (TPSA) is 67.4 Å². The van der Waals surface area contributed by atoms with Crippen molar-refractivity contribution in [2.45, 2.75) is 38.8 Å². The summed E-state index contributed by atoms with van der Waals surface area (Å²) in [6, 6.07) is 7.04. The molecule has 114 valence electrons. The lowest BCUT2D eigenvalue weighted by Crippen LogP contribution is -2.46. The Morgan fingerprint density at radius 1 is 1.29 bits per heavy atom. The van der Waals surface area contributed by atoms with E-state index in [1.807, 2.05) is 12.1 Å². The molecule has 5 nitrogen and oxygen atoms in total. The summed E-state index contributed by atoms with van der Waals surface area (Å²) in [4.78, 5) is 23.5. The van der Waals surface area contributed by atoms with Gasteiger partial charge in [0.1, 0.15) is 0 Å². The number of nitrogens with one attached hydrogen (secondary N) is 2. The summed E-state index contributed by atoms with van der Waals surface area (Å²) < 4.78 is 4.93. The number of ether oxygens (including phenoxy) is 1. The molecular weight excluding hydrogens is 268 g/mol. The Kier molecular flexibility index (Phi) is 5.75. The highest BCUT2D eigenvalue weighted by Crippen LogP contribution is 2.08. The fraction of sp³-hybridized carbons (Fsp3) is 0.500. The first-order valence-corrected chi connectivity index (χ1v) is 7.48. The van der Waals surface area contributed by atoms with Crippen LogP contribution in [0.5, 0.6) is 0 Å². The summed E-state index contributed by atoms with van der Waals surface area (Å²) in [5.41, 5.74) is 1.49. The van der Waals surface area contributed by atoms with E-state index in [4.69, 9.17) is 4.74 Å². The van der Waals surface area contributed by atoms with E-state index in [0.29, 0.717) is 18.7 Å². The smallest absolute Gasteiger partial charge is 0.338 e. The molecule has 2 N–H and O–H groups in total. The maximum Gasteiger partial charge on any atom is 0.338 e. The van der Waals surface area contributed by atoms with Crippen molar-refractivity contribution in [3.05, 3.63) is 35.4 Å². The van der Waals surface area contributed by atoms with Gasteiger partial charge in [0.15, 0.2) is 0 Å². The van der Waals surface area contributed by atoms with Gasteiger partial charge in [0.25, 0.3) is 0 Å². The molecule has 5 heteroatoms. The molecule has 21 heavy (non-hydrogen) atoms. The van der Waals surface area contributed by atoms with Gasteiger partial charge in [-0.2, -0.15) is 0 Å². The summed E-state index contributed by atoms with van der Waals surface area (Å²) in [6.07, 6.45) is 3.13. The van der Waals surface area contributed by atoms with E-state index in [9.17, 15) is 9.59 Å². The van der Waals surface area contributed by atoms with E-state index in [1.165, 1.54) is 0 Å². The Labute approximate surface area is 125 Å². The minimum Gasteiger partial charge on any atom is -0.462 e. The van der Waals surface area contributed by atoms with Crippen LogP contribution >= 0.6 is 0 Å². The third kappa shape index (κ3) is 4.56. The normalized spacial score (nSPS) is 18.0. The van der Waals surface area contributed by atoms with E-state index in [0.717, 1.165) is 31.4 Å². The first kappa shape index (κ1) is 15.5. The zero-order valence-electron chi connectivity index (χ0n) is 12.4. The number of carbonyl (C=O) groups excluding carboxylic acids is 2. The number of piperidine rings is 1. The zero-order valence-corrected chi connectivity index (χ0v) is 12.4. The minimum absolute atomic E-state index is 0.0455. The highest BCUT2D eigenvalue weighted by molar-refractivity contribution is 5.89. The molecule has 0 aromatic heterocycles. The summed E-state index contributed by atoms with van der Waals surface area (Å²) in [5, 5.41) is 6.14. The Morgan fingerprint density at radius 2 is 2.05 bits per heavy atom. The van der Waals surface area contributed by atoms with Crippen LogP contribution in [0.15, 0.2) is 24.3 Å². The van der Waals surface area contributed by atoms with Gasteiger partial charge in [-0.1, -0.05) is 18.6 Å². The Balaban J connectivity index is 1.83. The molecule has 0 radical (unpaired) electrons. The predicted octanol–water partition coefficient (Wildman–Crippen LogP) is 1.62. The highest BCUT2D eigenvalue weighted by atomic mass is 16.5. The van der Waals surface area contributed by atoms with Gasteiger partial charge >= 0.3 is 5.97 Å². The van der Waals surface area contributed by atoms with Gasteiger partial charge in [0.2, 0.25) is 5.91 Å². The number of esters is 1. The maximum atomic E-state index is 12.0. The zero-order chi connectivity index (χ0) is 15.1. The van der Waals surface area contributed by atoms with Crippen LogP contribution in [0.2, 0.25) is 0 Å². The van der Waals surface area contributed by atoms with Crippen molar-refractivity contribution in [3.8, 4) is 0 Å². The van der Waals surface area contributed by atoms with Crippen LogP contribution in [0.1, 0.15) is 42.1 Å². The average molecular weight is 290 g/mol. The van der Waals surface area contributed by atoms with Crippen LogP contribution in [-0.2, 0) is 16.1 Å². The van der Waals surface area contributed by atoms with Crippen LogP contribution in [0.25, 0.3) is 0 Å². The number of benzene rings is 1. The molecule has 1 aliphatic heterocycles. The Morgan fingerprint density at radius 3 is 2.67 bits per heavy atom. The largest absolute Gasteiger partial charge is 0.462 e. The van der Waals surface area contributed by atoms with Crippen molar-refractivity contribution in [1.82, 2.24) is 10.6 Å². The number of rotatable bonds is 5. The third-order valence-corrected chi connectivity index (χ3v) is 3.56. The fourth-order valence-corrected chi connectivity index (χ4v) is 2.36. The number of amides is 1. The molecule has 1 aliphatic rings. The Bertz CT molecular complexity index is 479. The van der Waals surface area contributed by atoms with Crippen LogP contribution in [-0.4, -0.2) is 31.1 Å². The second-order valence-electron chi connectivity index (χ2n) is 5.14. The highest BCUT2D eigenvalue weighted by Gasteiger charge is 2.19. The maximum absolute atomic E-state index is 12.0. The second-order valence-corrected chi connectivity index (χ2v) is 5.14. The van der Waals surface area contributed by atoms with Gasteiger partial charge in [-0.3, -0.25) is 4.79 Å². The summed E-state index contributed by atoms with van der Waals surface area (Å²) in [6.45, 7) is 3.53. The number of hydrogen-bond acceptors (Lipinski definition) is 4. The van der Waals surface area contributed by atoms with Gasteiger partial charge in [0.05, 0.1) is 18.2 Å². The van der Waals surface area contributed by atoms with Crippen molar-refractivity contribution < 1.29 is 14.3 Å². The number of carbonyl (C=O) groups is 2. The molecule has 0 bridgehead atoms. The van der Waals surface area contributed by atoms with E-state index in [-0.39, 0.29) is 17.9 Å². The Hall–Kier alpha value is -1.88. The second kappa shape index (κ2) is 7.78. The van der Waals surface area contributed by atoms with E-state index >= 15 is 0 Å². The molecule has 1 atom stereocenters. The summed E-state index contributed by atoms with van der Waals surface area (Å²) in [7, 11) is 0. The van der Waals surface area contributed by atoms with Crippen LogP contribution in [0.3, 0.4) is 0 Å². The van der Waals surface area contributed by atoms with Crippen molar-refractivity contribution in [2.75, 3.05) is 13.2 Å². The molecule has 2 rings (SSSR count). The van der Waals surface area contributed by atoms with Gasteiger partial charge in [-0.15, -0.1) is 0 Å². The fourth-order valence-electron chi connectivity index (χ4n) is 2.36. The first-order valence-electron chi connectivity index (χ1n) is 7.48. The van der Waals surface area contributed by atoms with Crippen molar-refractivity contribution in [3.63, 3.8) is 0 Å². The van der Waals surface area contributed by atoms with Gasteiger partial charge in [-0.05, 0) is 44.0 Å². The monoisotopic (exact) mass is 290 g/mol. The van der Waals surface area contributed by atoms with E-state index in [1.54, 1.807) is 19.1 Å². The molecule has 1 unspecified atom stereocenters. The molecule has 1 aromatic carbocycles. The lowest BCUT2D eigenvalue weighted by molar-refractivity contribution is -0.123. The molecular formula is C16H22N2O3. The summed E-state index contributed by atoms with van der Waals surface area (Å²) in [5.74, 6) is -0.274. The summed E-state index contributed by atoms with van der Waals surface area (Å²) >= 11 is 0. The van der Waals surface area contributed by atoms with Crippen molar-refractivity contribution in [2.24, 2.45) is 0 Å². The van der Waals surface area contributed by atoms with Crippen LogP contribution < -0.4 is 10.6 Å². The lowest BCUT2D eigenvalue weighted by atomic mass is 10.0.